The van der Waals surface area contributed by atoms with Crippen molar-refractivity contribution in [3.63, 3.8) is 0 Å². The van der Waals surface area contributed by atoms with E-state index in [1.807, 2.05) is 0 Å². The Bertz CT molecular complexity index is 721. The van der Waals surface area contributed by atoms with E-state index >= 15 is 0 Å². The predicted molar refractivity (Wildman–Crippen MR) is 90.2 cm³/mol. The minimum atomic E-state index is 0.543. The first-order valence-electron chi connectivity index (χ1n) is 9.08. The number of pyridine rings is 1. The van der Waals surface area contributed by atoms with Crippen LogP contribution in [0.25, 0.3) is 11.3 Å². The molecule has 0 aliphatic heterocycles. The van der Waals surface area contributed by atoms with Gasteiger partial charge in [-0.25, -0.2) is 0 Å². The first kappa shape index (κ1) is 13.7. The lowest BCUT2D eigenvalue weighted by Gasteiger charge is -2.34. The van der Waals surface area contributed by atoms with Gasteiger partial charge in [0.25, 0.3) is 0 Å². The van der Waals surface area contributed by atoms with E-state index < -0.39 is 0 Å². The molecule has 0 radical (unpaired) electrons. The predicted octanol–water partition coefficient (Wildman–Crippen LogP) is 3.61. The quantitative estimate of drug-likeness (QED) is 0.918. The summed E-state index contributed by atoms with van der Waals surface area (Å²) in [6, 6.07) is 7.04. The maximum atomic E-state index is 5.77. The molecule has 0 bridgehead atoms. The van der Waals surface area contributed by atoms with E-state index in [0.29, 0.717) is 23.8 Å². The highest BCUT2D eigenvalue weighted by molar-refractivity contribution is 5.63. The van der Waals surface area contributed by atoms with Gasteiger partial charge >= 0.3 is 0 Å². The van der Waals surface area contributed by atoms with Crippen molar-refractivity contribution < 1.29 is 0 Å². The summed E-state index contributed by atoms with van der Waals surface area (Å²) in [6.07, 6.45) is 9.77. The van der Waals surface area contributed by atoms with Crippen LogP contribution in [0.2, 0.25) is 0 Å². The molecule has 0 aromatic carbocycles. The molecule has 3 aliphatic rings. The first-order chi connectivity index (χ1) is 11.3. The van der Waals surface area contributed by atoms with Gasteiger partial charge in [0.15, 0.2) is 0 Å². The van der Waals surface area contributed by atoms with Crippen molar-refractivity contribution in [3.8, 4) is 11.3 Å². The lowest BCUT2D eigenvalue weighted by atomic mass is 9.80. The van der Waals surface area contributed by atoms with Crippen LogP contribution < -0.4 is 5.73 Å². The number of nitrogens with two attached hydrogens (primary N) is 1. The van der Waals surface area contributed by atoms with Crippen LogP contribution in [0.4, 0.5) is 0 Å². The second-order valence-corrected chi connectivity index (χ2v) is 7.63. The summed E-state index contributed by atoms with van der Waals surface area (Å²) in [4.78, 5) is 4.95. The molecule has 5 rings (SSSR count). The highest BCUT2D eigenvalue weighted by Crippen LogP contribution is 2.46. The normalized spacial score (nSPS) is 27.0. The van der Waals surface area contributed by atoms with E-state index in [0.717, 1.165) is 12.2 Å². The Morgan fingerprint density at radius 3 is 2.57 bits per heavy atom. The van der Waals surface area contributed by atoms with Gasteiger partial charge < -0.3 is 5.73 Å². The molecule has 0 amide bonds. The minimum Gasteiger partial charge on any atom is -0.330 e. The van der Waals surface area contributed by atoms with E-state index in [1.165, 1.54) is 55.5 Å². The zero-order valence-electron chi connectivity index (χ0n) is 13.5. The van der Waals surface area contributed by atoms with Crippen LogP contribution in [0.5, 0.6) is 0 Å². The first-order valence-corrected chi connectivity index (χ1v) is 9.08. The van der Waals surface area contributed by atoms with Crippen LogP contribution in [0, 0.1) is 5.92 Å². The number of rotatable bonds is 5. The molecular formula is C19H24N4. The highest BCUT2D eigenvalue weighted by atomic mass is 15.3. The maximum Gasteiger partial charge on any atom is 0.0749 e. The molecule has 0 saturated heterocycles. The lowest BCUT2D eigenvalue weighted by molar-refractivity contribution is 0.189. The Balaban J connectivity index is 1.49. The lowest BCUT2D eigenvalue weighted by Crippen LogP contribution is -2.32. The minimum absolute atomic E-state index is 0.543. The average Bonchev–Trinajstić information content (AvgIpc) is 3.44. The third-order valence-corrected chi connectivity index (χ3v) is 5.69. The van der Waals surface area contributed by atoms with E-state index in [2.05, 4.69) is 29.1 Å². The topological polar surface area (TPSA) is 56.7 Å². The summed E-state index contributed by atoms with van der Waals surface area (Å²) in [6.45, 7) is 0.811. The van der Waals surface area contributed by atoms with Gasteiger partial charge in [0.2, 0.25) is 0 Å². The maximum absolute atomic E-state index is 5.77. The zero-order valence-corrected chi connectivity index (χ0v) is 13.5. The largest absolute Gasteiger partial charge is 0.330 e. The van der Waals surface area contributed by atoms with Crippen molar-refractivity contribution in [3.05, 3.63) is 35.8 Å². The molecule has 0 atom stereocenters. The molecule has 4 heteroatoms. The van der Waals surface area contributed by atoms with Gasteiger partial charge in [-0.15, -0.1) is 0 Å². The van der Waals surface area contributed by atoms with Gasteiger partial charge in [0.1, 0.15) is 0 Å². The summed E-state index contributed by atoms with van der Waals surface area (Å²) in [5.74, 6) is 2.04. The van der Waals surface area contributed by atoms with Crippen LogP contribution in [-0.4, -0.2) is 21.3 Å². The number of hydrogen-bond acceptors (Lipinski definition) is 3. The van der Waals surface area contributed by atoms with Crippen molar-refractivity contribution >= 4 is 0 Å². The molecule has 3 fully saturated rings. The molecular weight excluding hydrogens is 284 g/mol. The van der Waals surface area contributed by atoms with Crippen molar-refractivity contribution in [2.45, 2.75) is 56.4 Å². The third kappa shape index (κ3) is 2.49. The monoisotopic (exact) mass is 308 g/mol. The molecule has 0 spiro atoms. The average molecular weight is 308 g/mol. The third-order valence-electron chi connectivity index (χ3n) is 5.69. The van der Waals surface area contributed by atoms with Gasteiger partial charge in [0, 0.05) is 29.3 Å². The molecule has 120 valence electrons. The fraction of sp³-hybridized carbons (Fsp3) is 0.579. The highest BCUT2D eigenvalue weighted by Gasteiger charge is 2.35. The number of hydrogen-bond donors (Lipinski definition) is 1. The molecule has 2 aromatic heterocycles. The van der Waals surface area contributed by atoms with E-state index in [1.54, 1.807) is 0 Å². The summed E-state index contributed by atoms with van der Waals surface area (Å²) in [5, 5.41) is 4.97. The van der Waals surface area contributed by atoms with Gasteiger partial charge in [-0.1, -0.05) is 6.07 Å². The molecule has 2 heterocycles. The second kappa shape index (κ2) is 5.17. The van der Waals surface area contributed by atoms with Gasteiger partial charge in [-0.05, 0) is 63.1 Å². The Hall–Kier alpha value is -1.68. The molecule has 23 heavy (non-hydrogen) atoms. The van der Waals surface area contributed by atoms with Crippen LogP contribution in [0.1, 0.15) is 67.8 Å². The van der Waals surface area contributed by atoms with Crippen molar-refractivity contribution in [1.82, 2.24) is 14.8 Å². The standard InChI is InChI=1S/C19H24N4/c20-10-12-8-15(9-12)23-11-16(19(22-23)14-6-7-14)18-3-1-2-17(21-18)13-4-5-13/h1-3,11-15H,4-10,20H2. The molecule has 3 aliphatic carbocycles. The molecule has 4 nitrogen and oxygen atoms in total. The van der Waals surface area contributed by atoms with Gasteiger partial charge in [-0.2, -0.15) is 5.10 Å². The van der Waals surface area contributed by atoms with Gasteiger partial charge in [0.05, 0.1) is 17.4 Å². The second-order valence-electron chi connectivity index (χ2n) is 7.63. The van der Waals surface area contributed by atoms with E-state index in [4.69, 9.17) is 15.8 Å². The number of nitrogens with zero attached hydrogens (tertiary/aromatic N) is 3. The van der Waals surface area contributed by atoms with Crippen molar-refractivity contribution in [1.29, 1.82) is 0 Å². The molecule has 2 aromatic rings. The van der Waals surface area contributed by atoms with E-state index in [9.17, 15) is 0 Å². The summed E-state index contributed by atoms with van der Waals surface area (Å²) < 4.78 is 2.21. The van der Waals surface area contributed by atoms with Crippen LogP contribution in [0.3, 0.4) is 0 Å². The van der Waals surface area contributed by atoms with Crippen LogP contribution in [0.15, 0.2) is 24.4 Å². The number of aromatic nitrogens is 3. The summed E-state index contributed by atoms with van der Waals surface area (Å²) in [7, 11) is 0. The Morgan fingerprint density at radius 1 is 1.09 bits per heavy atom. The zero-order chi connectivity index (χ0) is 15.4. The Labute approximate surface area is 137 Å². The smallest absolute Gasteiger partial charge is 0.0749 e. The van der Waals surface area contributed by atoms with Crippen molar-refractivity contribution in [2.24, 2.45) is 11.7 Å². The summed E-state index contributed by atoms with van der Waals surface area (Å²) >= 11 is 0. The summed E-state index contributed by atoms with van der Waals surface area (Å²) in [5.41, 5.74) is 10.7. The van der Waals surface area contributed by atoms with E-state index in [-0.39, 0.29) is 0 Å². The fourth-order valence-electron chi connectivity index (χ4n) is 3.77. The molecule has 0 unspecified atom stereocenters. The Kier molecular flexibility index (Phi) is 3.08. The van der Waals surface area contributed by atoms with Crippen LogP contribution >= 0.6 is 0 Å². The fourth-order valence-corrected chi connectivity index (χ4v) is 3.77. The van der Waals surface area contributed by atoms with Gasteiger partial charge in [-0.3, -0.25) is 9.67 Å². The van der Waals surface area contributed by atoms with Crippen molar-refractivity contribution in [2.75, 3.05) is 6.54 Å². The van der Waals surface area contributed by atoms with Crippen LogP contribution in [-0.2, 0) is 0 Å². The molecule has 3 saturated carbocycles. The Morgan fingerprint density at radius 2 is 1.87 bits per heavy atom. The molecule has 2 N–H and O–H groups in total. The SMILES string of the molecule is NCC1CC(n2cc(-c3cccc(C4CC4)n3)c(C3CC3)n2)C1.